The van der Waals surface area contributed by atoms with Crippen LogP contribution < -0.4 is 9.30 Å². The van der Waals surface area contributed by atoms with Gasteiger partial charge in [-0.25, -0.2) is 4.98 Å². The predicted molar refractivity (Wildman–Crippen MR) is 362 cm³/mol. The number of fused-ring (bicyclic) bond motifs is 4. The Hall–Kier alpha value is -8.89. The third-order valence-corrected chi connectivity index (χ3v) is 15.8. The van der Waals surface area contributed by atoms with Crippen molar-refractivity contribution in [2.75, 3.05) is 0 Å². The number of hydrogen-bond acceptors (Lipinski definition) is 2. The van der Waals surface area contributed by atoms with Crippen molar-refractivity contribution < 1.29 is 55.0 Å². The first-order valence-electron chi connectivity index (χ1n) is 38.0. The van der Waals surface area contributed by atoms with Crippen LogP contribution in [0.3, 0.4) is 0 Å². The average Bonchev–Trinajstić information content (AvgIpc) is 1.09. The molecule has 3 aromatic heterocycles. The molecule has 0 radical (unpaired) electrons. The molecule has 5 nitrogen and oxygen atoms in total. The summed E-state index contributed by atoms with van der Waals surface area (Å²) in [5.41, 5.74) is 2.52. The molecule has 0 aliphatic rings. The number of benzene rings is 10. The molecule has 88 heavy (non-hydrogen) atoms. The van der Waals surface area contributed by atoms with E-state index in [2.05, 4.69) is 116 Å². The molecule has 10 aromatic carbocycles. The molecule has 0 aliphatic carbocycles. The average molecular weight is 1340 g/mol. The van der Waals surface area contributed by atoms with E-state index in [1.165, 1.54) is 0 Å². The zero-order chi connectivity index (χ0) is 76.2. The third-order valence-electron chi connectivity index (χ3n) is 15.8. The van der Waals surface area contributed by atoms with Gasteiger partial charge >= 0.3 is 0 Å². The first-order valence-corrected chi connectivity index (χ1v) is 29.0. The molecule has 0 fully saturated rings. The van der Waals surface area contributed by atoms with Crippen LogP contribution >= 0.6 is 0 Å². The molecule has 0 atom stereocenters. The van der Waals surface area contributed by atoms with Crippen LogP contribution in [0.15, 0.2) is 230 Å². The molecule has 0 spiro atoms. The van der Waals surface area contributed by atoms with Crippen LogP contribution in [0.1, 0.15) is 130 Å². The molecule has 440 valence electrons. The number of imidazole rings is 1. The molecule has 6 heteroatoms. The summed E-state index contributed by atoms with van der Waals surface area (Å²) < 4.78 is 180. The summed E-state index contributed by atoms with van der Waals surface area (Å²) in [4.78, 5) is 4.87. The molecule has 0 saturated carbocycles. The second-order valence-corrected chi connectivity index (χ2v) is 26.0. The van der Waals surface area contributed by atoms with Gasteiger partial charge in [-0.1, -0.05) is 240 Å². The summed E-state index contributed by atoms with van der Waals surface area (Å²) in [7, 11) is 0. The van der Waals surface area contributed by atoms with E-state index in [0.717, 1.165) is 44.1 Å². The molecule has 0 aliphatic heterocycles. The van der Waals surface area contributed by atoms with Gasteiger partial charge in [-0.15, -0.1) is 29.7 Å². The van der Waals surface area contributed by atoms with Crippen molar-refractivity contribution in [3.05, 3.63) is 271 Å². The van der Waals surface area contributed by atoms with E-state index in [9.17, 15) is 15.1 Å². The Morgan fingerprint density at radius 3 is 1.61 bits per heavy atom. The fraction of sp³-hybridized carbons (Fsp3) is 0.195. The van der Waals surface area contributed by atoms with Gasteiger partial charge in [0.05, 0.1) is 41.4 Å². The van der Waals surface area contributed by atoms with Gasteiger partial charge in [-0.05, 0) is 153 Å². The van der Waals surface area contributed by atoms with Crippen molar-refractivity contribution in [2.24, 2.45) is 0 Å². The number of ether oxygens (including phenoxy) is 1. The molecule has 0 unspecified atom stereocenters. The van der Waals surface area contributed by atoms with Crippen LogP contribution in [-0.2, 0) is 42.7 Å². The van der Waals surface area contributed by atoms with Crippen molar-refractivity contribution in [1.29, 1.82) is 0 Å². The van der Waals surface area contributed by atoms with Crippen molar-refractivity contribution in [1.82, 2.24) is 14.1 Å². The zero-order valence-corrected chi connectivity index (χ0v) is 53.3. The van der Waals surface area contributed by atoms with Gasteiger partial charge in [0.1, 0.15) is 5.82 Å². The van der Waals surface area contributed by atoms with E-state index < -0.39 is 142 Å². The van der Waals surface area contributed by atoms with Crippen molar-refractivity contribution >= 4 is 32.8 Å². The smallest absolute Gasteiger partial charge is 0.268 e. The second kappa shape index (κ2) is 23.0. The van der Waals surface area contributed by atoms with Crippen LogP contribution in [-0.4, -0.2) is 14.1 Å². The predicted octanol–water partition coefficient (Wildman–Crippen LogP) is 21.1. The summed E-state index contributed by atoms with van der Waals surface area (Å²) in [6.07, 6.45) is 5.38. The molecule has 13 rings (SSSR count). The Balaban J connectivity index is 0.0000105. The molecule has 0 N–H and O–H groups in total. The van der Waals surface area contributed by atoms with Crippen molar-refractivity contribution in [3.8, 4) is 84.3 Å². The summed E-state index contributed by atoms with van der Waals surface area (Å²) in [6, 6.07) is 29.6. The molecular formula is C82H74N4OPt-2. The maximum atomic E-state index is 10.6. The second-order valence-electron chi connectivity index (χ2n) is 26.0. The maximum Gasteiger partial charge on any atom is 0.268 e. The quantitative estimate of drug-likeness (QED) is 0.101. The standard InChI is InChI=1S/C82H74N4O.Pt/c1-79(2,3)62-39-40-83-77(50-62)86-73-34-23-22-33-69(73)70-37-36-68(52-75(70)86)87-67-32-24-31-66(51-67)84-53-85(74-38-35-57(46-76(74)84)60-44-63(80(4,5)6)47-64(45-60)81(7,8)9)78-71(56-29-20-15-21-30-56)48-65(82(10,11)12)49-72(78)61-42-58(54-25-16-13-17-26-54)41-59(43-61)55-27-18-14-19-28-55;/h13-50H,1-12H3;/q-2;/i13D,14D,15D,16D,17D,18D,19D,20D,21D,25D,26D,27D,28D,29D,30D,41D,42D,43D;. The number of para-hydroxylation sites is 1. The first kappa shape index (κ1) is 41.3. The van der Waals surface area contributed by atoms with E-state index in [1.807, 2.05) is 75.4 Å². The third kappa shape index (κ3) is 11.6. The maximum absolute atomic E-state index is 10.6. The number of rotatable bonds is 10. The van der Waals surface area contributed by atoms with Crippen LogP contribution in [0.5, 0.6) is 11.5 Å². The van der Waals surface area contributed by atoms with Gasteiger partial charge in [-0.3, -0.25) is 4.57 Å². The number of nitrogens with zero attached hydrogens (tertiary/aromatic N) is 4. The minimum Gasteiger partial charge on any atom is -0.510 e. The summed E-state index contributed by atoms with van der Waals surface area (Å²) >= 11 is 0. The van der Waals surface area contributed by atoms with Gasteiger partial charge in [0.2, 0.25) is 0 Å². The topological polar surface area (TPSA) is 35.9 Å². The van der Waals surface area contributed by atoms with Crippen LogP contribution in [0.2, 0.25) is 0 Å². The minimum atomic E-state index is -0.937. The van der Waals surface area contributed by atoms with Crippen LogP contribution in [0.25, 0.3) is 106 Å². The Morgan fingerprint density at radius 2 is 1.00 bits per heavy atom. The fourth-order valence-corrected chi connectivity index (χ4v) is 10.9. The molecule has 0 bridgehead atoms. The normalized spacial score (nSPS) is 15.1. The van der Waals surface area contributed by atoms with Gasteiger partial charge in [0.15, 0.2) is 0 Å². The van der Waals surface area contributed by atoms with Crippen molar-refractivity contribution in [3.63, 3.8) is 0 Å². The van der Waals surface area contributed by atoms with Gasteiger partial charge in [-0.2, -0.15) is 18.2 Å². The molecule has 3 heterocycles. The Bertz CT molecular complexity index is 5660. The van der Waals surface area contributed by atoms with Crippen LogP contribution in [0, 0.1) is 18.5 Å². The zero-order valence-electron chi connectivity index (χ0n) is 69.1. The van der Waals surface area contributed by atoms with E-state index in [1.54, 1.807) is 45.7 Å². The molecule has 0 saturated heterocycles. The molecule has 0 amide bonds. The summed E-state index contributed by atoms with van der Waals surface area (Å²) in [5.74, 6) is 1.28. The van der Waals surface area contributed by atoms with Crippen molar-refractivity contribution in [2.45, 2.75) is 105 Å². The van der Waals surface area contributed by atoms with Gasteiger partial charge in [0, 0.05) is 44.3 Å². The Kier molecular flexibility index (Phi) is 10.8. The molecule has 13 aromatic rings. The number of pyridine rings is 1. The van der Waals surface area contributed by atoms with E-state index in [0.29, 0.717) is 39.4 Å². The summed E-state index contributed by atoms with van der Waals surface area (Å²) in [5, 5.41) is 1.89. The van der Waals surface area contributed by atoms with E-state index in [-0.39, 0.29) is 65.4 Å². The Morgan fingerprint density at radius 1 is 0.443 bits per heavy atom. The fourth-order valence-electron chi connectivity index (χ4n) is 10.9. The largest absolute Gasteiger partial charge is 0.510 e. The number of hydrogen-bond donors (Lipinski definition) is 0. The summed E-state index contributed by atoms with van der Waals surface area (Å²) in [6.45, 7) is 24.9. The Labute approximate surface area is 559 Å². The van der Waals surface area contributed by atoms with Gasteiger partial charge < -0.3 is 13.9 Å². The van der Waals surface area contributed by atoms with E-state index >= 15 is 0 Å². The first-order chi connectivity index (χ1) is 49.1. The SMILES string of the molecule is [2H]c1c([2H])c([2H])c(-c2cc(C(C)(C)C)cc(-c3c([2H])c(-c4c([2H])c([2H])c([2H])c([2H])c4[2H])c([2H])c(-c4c([2H])c([2H])c([2H])c([2H])c4[2H])c3[2H])c2-[n+]2[c-]n(-c3[c-]c(Oc4[c-]c5c(cc4)c4ccccc4n5-c4cc(C(C)(C)C)ccn4)ccc3)c3cc(-c4cc(C(C)(C)C)cc(C(C)(C)C)c4)ccc32)c([2H])c1[2H].[Pt]. The van der Waals surface area contributed by atoms with E-state index in [4.69, 9.17) is 19.3 Å². The van der Waals surface area contributed by atoms with Gasteiger partial charge in [0.25, 0.3) is 6.33 Å². The minimum absolute atomic E-state index is 0. The monoisotopic (exact) mass is 1340 g/mol. The number of aromatic nitrogens is 4. The van der Waals surface area contributed by atoms with Crippen LogP contribution in [0.4, 0.5) is 0 Å². The molecular weight excluding hydrogens is 1250 g/mol.